The van der Waals surface area contributed by atoms with Crippen LogP contribution in [-0.2, 0) is 10.5 Å². The van der Waals surface area contributed by atoms with Crippen molar-refractivity contribution in [1.29, 1.82) is 5.26 Å². The van der Waals surface area contributed by atoms with E-state index in [1.807, 2.05) is 38.1 Å². The zero-order valence-electron chi connectivity index (χ0n) is 19.0. The number of allylic oxidation sites excluding steroid dienone is 1. The Labute approximate surface area is 197 Å². The summed E-state index contributed by atoms with van der Waals surface area (Å²) in [5, 5.41) is 22.1. The SMILES string of the molecule is COc1ccc([C@@]2(O)CSC3=C(C#N)[C@@H](c4ccc(OC(C)C)cc4)CC(=O)N32)cc1OC. The summed E-state index contributed by atoms with van der Waals surface area (Å²) in [4.78, 5) is 14.7. The summed E-state index contributed by atoms with van der Waals surface area (Å²) in [6, 6.07) is 14.9. The number of nitrogens with zero attached hydrogens (tertiary/aromatic N) is 2. The third kappa shape index (κ3) is 4.03. The normalized spacial score (nSPS) is 22.3. The Morgan fingerprint density at radius 2 is 1.85 bits per heavy atom. The molecule has 0 aromatic heterocycles. The molecular formula is C25H26N2O5S. The number of nitriles is 1. The van der Waals surface area contributed by atoms with Crippen LogP contribution in [-0.4, -0.2) is 42.0 Å². The molecule has 0 bridgehead atoms. The van der Waals surface area contributed by atoms with Crippen LogP contribution in [0.5, 0.6) is 17.2 Å². The second kappa shape index (κ2) is 9.00. The van der Waals surface area contributed by atoms with Gasteiger partial charge in [0.1, 0.15) is 5.75 Å². The first-order valence-corrected chi connectivity index (χ1v) is 11.6. The largest absolute Gasteiger partial charge is 0.493 e. The fourth-order valence-corrected chi connectivity index (χ4v) is 5.62. The standard InChI is InChI=1S/C25H26N2O5S/c1-15(2)32-18-8-5-16(6-9-18)19-12-23(28)27-24(20(19)13-26)33-14-25(27,29)17-7-10-21(30-3)22(11-17)31-4/h5-11,15,19,29H,12,14H2,1-4H3/t19-,25+/m1/s1. The van der Waals surface area contributed by atoms with E-state index in [-0.39, 0.29) is 30.1 Å². The Hall–Kier alpha value is -3.15. The van der Waals surface area contributed by atoms with Crippen LogP contribution < -0.4 is 14.2 Å². The first-order valence-electron chi connectivity index (χ1n) is 10.6. The summed E-state index contributed by atoms with van der Waals surface area (Å²) in [6.07, 6.45) is 0.147. The molecule has 1 saturated heterocycles. The molecule has 1 fully saturated rings. The van der Waals surface area contributed by atoms with Gasteiger partial charge in [-0.15, -0.1) is 11.8 Å². The van der Waals surface area contributed by atoms with E-state index in [9.17, 15) is 15.2 Å². The minimum atomic E-state index is -1.58. The number of aliphatic hydroxyl groups is 1. The molecule has 2 aromatic rings. The van der Waals surface area contributed by atoms with Gasteiger partial charge in [-0.2, -0.15) is 5.26 Å². The summed E-state index contributed by atoms with van der Waals surface area (Å²) >= 11 is 1.31. The predicted molar refractivity (Wildman–Crippen MR) is 125 cm³/mol. The average Bonchev–Trinajstić information content (AvgIpc) is 3.17. The first kappa shape index (κ1) is 23.0. The van der Waals surface area contributed by atoms with Crippen molar-refractivity contribution in [1.82, 2.24) is 4.90 Å². The lowest BCUT2D eigenvalue weighted by atomic mass is 9.85. The molecule has 33 heavy (non-hydrogen) atoms. The number of methoxy groups -OCH3 is 2. The fraction of sp³-hybridized carbons (Fsp3) is 0.360. The molecule has 8 heteroatoms. The lowest BCUT2D eigenvalue weighted by Crippen LogP contribution is -2.48. The molecule has 0 aliphatic carbocycles. The lowest BCUT2D eigenvalue weighted by molar-refractivity contribution is -0.149. The van der Waals surface area contributed by atoms with E-state index in [2.05, 4.69) is 6.07 Å². The highest BCUT2D eigenvalue weighted by molar-refractivity contribution is 8.03. The minimum Gasteiger partial charge on any atom is -0.493 e. The van der Waals surface area contributed by atoms with Crippen LogP contribution in [0.25, 0.3) is 0 Å². The van der Waals surface area contributed by atoms with Crippen molar-refractivity contribution in [2.45, 2.75) is 38.0 Å². The number of benzene rings is 2. The first-order chi connectivity index (χ1) is 15.8. The molecule has 0 spiro atoms. The van der Waals surface area contributed by atoms with E-state index >= 15 is 0 Å². The molecule has 2 atom stereocenters. The maximum Gasteiger partial charge on any atom is 0.231 e. The maximum atomic E-state index is 13.3. The van der Waals surface area contributed by atoms with Crippen molar-refractivity contribution in [2.75, 3.05) is 20.0 Å². The van der Waals surface area contributed by atoms with E-state index in [0.717, 1.165) is 11.3 Å². The molecule has 2 heterocycles. The summed E-state index contributed by atoms with van der Waals surface area (Å²) in [6.45, 7) is 3.91. The van der Waals surface area contributed by atoms with Gasteiger partial charge in [-0.05, 0) is 43.7 Å². The van der Waals surface area contributed by atoms with E-state index < -0.39 is 5.72 Å². The zero-order chi connectivity index (χ0) is 23.8. The number of ether oxygens (including phenoxy) is 3. The van der Waals surface area contributed by atoms with Gasteiger partial charge in [0.15, 0.2) is 17.2 Å². The van der Waals surface area contributed by atoms with Crippen molar-refractivity contribution in [3.05, 3.63) is 64.2 Å². The van der Waals surface area contributed by atoms with Gasteiger partial charge >= 0.3 is 0 Å². The second-order valence-corrected chi connectivity index (χ2v) is 9.19. The minimum absolute atomic E-state index is 0.0570. The Kier molecular flexibility index (Phi) is 6.28. The molecule has 7 nitrogen and oxygen atoms in total. The highest BCUT2D eigenvalue weighted by atomic mass is 32.2. The highest BCUT2D eigenvalue weighted by Crippen LogP contribution is 2.52. The number of carbonyl (C=O) groups excluding carboxylic acids is 1. The second-order valence-electron chi connectivity index (χ2n) is 8.23. The zero-order valence-corrected chi connectivity index (χ0v) is 19.8. The monoisotopic (exact) mass is 466 g/mol. The fourth-order valence-electron chi connectivity index (χ4n) is 4.26. The van der Waals surface area contributed by atoms with Crippen molar-refractivity contribution >= 4 is 17.7 Å². The van der Waals surface area contributed by atoms with Crippen LogP contribution in [0.4, 0.5) is 0 Å². The van der Waals surface area contributed by atoms with Crippen molar-refractivity contribution < 1.29 is 24.1 Å². The highest BCUT2D eigenvalue weighted by Gasteiger charge is 2.52. The van der Waals surface area contributed by atoms with Crippen molar-refractivity contribution in [2.24, 2.45) is 0 Å². The predicted octanol–water partition coefficient (Wildman–Crippen LogP) is 4.13. The molecule has 2 aliphatic rings. The summed E-state index contributed by atoms with van der Waals surface area (Å²) in [7, 11) is 3.05. The van der Waals surface area contributed by atoms with E-state index in [1.54, 1.807) is 18.2 Å². The number of rotatable bonds is 6. The maximum absolute atomic E-state index is 13.3. The van der Waals surface area contributed by atoms with E-state index in [1.165, 1.54) is 30.9 Å². The lowest BCUT2D eigenvalue weighted by Gasteiger charge is -2.38. The third-order valence-corrected chi connectivity index (χ3v) is 7.03. The van der Waals surface area contributed by atoms with Crippen LogP contribution in [0.2, 0.25) is 0 Å². The molecule has 0 radical (unpaired) electrons. The van der Waals surface area contributed by atoms with Gasteiger partial charge < -0.3 is 19.3 Å². The summed E-state index contributed by atoms with van der Waals surface area (Å²) < 4.78 is 16.4. The van der Waals surface area contributed by atoms with Crippen LogP contribution in [0.3, 0.4) is 0 Å². The molecule has 1 N–H and O–H groups in total. The van der Waals surface area contributed by atoms with Crippen LogP contribution in [0.1, 0.15) is 37.3 Å². The van der Waals surface area contributed by atoms with Gasteiger partial charge in [-0.1, -0.05) is 18.2 Å². The smallest absolute Gasteiger partial charge is 0.231 e. The summed E-state index contributed by atoms with van der Waals surface area (Å²) in [5.41, 5.74) is 0.263. The number of carbonyl (C=O) groups is 1. The Morgan fingerprint density at radius 3 is 2.45 bits per heavy atom. The molecule has 172 valence electrons. The van der Waals surface area contributed by atoms with Gasteiger partial charge in [-0.25, -0.2) is 0 Å². The van der Waals surface area contributed by atoms with E-state index in [4.69, 9.17) is 14.2 Å². The molecule has 1 amide bonds. The Morgan fingerprint density at radius 1 is 1.15 bits per heavy atom. The number of hydrogen-bond donors (Lipinski definition) is 1. The molecule has 4 rings (SSSR count). The van der Waals surface area contributed by atoms with Gasteiger partial charge in [0.2, 0.25) is 5.91 Å². The van der Waals surface area contributed by atoms with E-state index in [0.29, 0.717) is 27.7 Å². The van der Waals surface area contributed by atoms with Crippen LogP contribution >= 0.6 is 11.8 Å². The van der Waals surface area contributed by atoms with Crippen LogP contribution in [0, 0.1) is 11.3 Å². The Bertz CT molecular complexity index is 1140. The number of thioether (sulfide) groups is 1. The number of fused-ring (bicyclic) bond motifs is 1. The number of amides is 1. The van der Waals surface area contributed by atoms with Crippen molar-refractivity contribution in [3.63, 3.8) is 0 Å². The van der Waals surface area contributed by atoms with Crippen molar-refractivity contribution in [3.8, 4) is 23.3 Å². The van der Waals surface area contributed by atoms with Gasteiger partial charge in [-0.3, -0.25) is 9.69 Å². The molecular weight excluding hydrogens is 440 g/mol. The molecule has 2 aliphatic heterocycles. The third-order valence-electron chi connectivity index (χ3n) is 5.81. The van der Waals surface area contributed by atoms with Gasteiger partial charge in [0.05, 0.1) is 42.7 Å². The molecule has 2 aromatic carbocycles. The Balaban J connectivity index is 1.72. The van der Waals surface area contributed by atoms with Crippen LogP contribution in [0.15, 0.2) is 53.1 Å². The van der Waals surface area contributed by atoms with Gasteiger partial charge in [0, 0.05) is 17.9 Å². The van der Waals surface area contributed by atoms with Gasteiger partial charge in [0.25, 0.3) is 0 Å². The molecule has 0 unspecified atom stereocenters. The quantitative estimate of drug-likeness (QED) is 0.684. The topological polar surface area (TPSA) is 92.0 Å². The molecule has 0 saturated carbocycles. The average molecular weight is 467 g/mol. The number of hydrogen-bond acceptors (Lipinski definition) is 7. The summed E-state index contributed by atoms with van der Waals surface area (Å²) in [5.74, 6) is 1.32.